The molecule has 2 aliphatic rings. The molecule has 0 radical (unpaired) electrons. The summed E-state index contributed by atoms with van der Waals surface area (Å²) in [7, 11) is 0. The van der Waals surface area contributed by atoms with Gasteiger partial charge in [-0.15, -0.1) is 0 Å². The molecule has 0 aromatic carbocycles. The summed E-state index contributed by atoms with van der Waals surface area (Å²) in [5, 5.41) is 13.6. The molecule has 0 saturated carbocycles. The Bertz CT molecular complexity index is 663. The number of anilines is 1. The smallest absolute Gasteiger partial charge is 0.189 e. The van der Waals surface area contributed by atoms with Crippen LogP contribution in [-0.4, -0.2) is 58.9 Å². The van der Waals surface area contributed by atoms with E-state index in [1.807, 2.05) is 6.26 Å². The zero-order valence-corrected chi connectivity index (χ0v) is 16.5. The minimum absolute atomic E-state index is 0.0764. The largest absolute Gasteiger partial charge is 0.353 e. The Kier molecular flexibility index (Phi) is 5.52. The molecule has 0 spiro atoms. The van der Waals surface area contributed by atoms with E-state index in [4.69, 9.17) is 9.97 Å². The van der Waals surface area contributed by atoms with Crippen molar-refractivity contribution in [3.63, 3.8) is 0 Å². The molecule has 0 amide bonds. The van der Waals surface area contributed by atoms with Crippen LogP contribution in [0.3, 0.4) is 0 Å². The molecular formula is C18H28N6S. The van der Waals surface area contributed by atoms with Gasteiger partial charge in [0.05, 0.1) is 18.2 Å². The SMILES string of the molecule is CSc1nc2c(c(N3CCN(C(C)(C)C)C(CC#N)C3)n1)CCNC2. The molecule has 0 bridgehead atoms. The summed E-state index contributed by atoms with van der Waals surface area (Å²) in [6.07, 6.45) is 3.55. The maximum atomic E-state index is 9.30. The average molecular weight is 361 g/mol. The first-order valence-corrected chi connectivity index (χ1v) is 10.2. The zero-order chi connectivity index (χ0) is 18.0. The first-order chi connectivity index (χ1) is 11.9. The molecule has 6 nitrogen and oxygen atoms in total. The lowest BCUT2D eigenvalue weighted by atomic mass is 9.98. The van der Waals surface area contributed by atoms with Gasteiger partial charge in [0, 0.05) is 43.3 Å². The molecule has 1 fully saturated rings. The van der Waals surface area contributed by atoms with Crippen molar-refractivity contribution in [3.05, 3.63) is 11.3 Å². The molecule has 1 aromatic heterocycles. The number of hydrogen-bond acceptors (Lipinski definition) is 7. The van der Waals surface area contributed by atoms with Crippen LogP contribution in [0.2, 0.25) is 0 Å². The second-order valence-corrected chi connectivity index (χ2v) is 8.49. The molecule has 1 saturated heterocycles. The molecule has 136 valence electrons. The van der Waals surface area contributed by atoms with Crippen LogP contribution in [0.25, 0.3) is 0 Å². The van der Waals surface area contributed by atoms with Crippen LogP contribution < -0.4 is 10.2 Å². The second-order valence-electron chi connectivity index (χ2n) is 7.71. The Labute approximate surface area is 155 Å². The van der Waals surface area contributed by atoms with E-state index in [2.05, 4.69) is 42.0 Å². The van der Waals surface area contributed by atoms with Crippen molar-refractivity contribution in [1.82, 2.24) is 20.2 Å². The summed E-state index contributed by atoms with van der Waals surface area (Å²) in [5.41, 5.74) is 2.50. The fourth-order valence-corrected chi connectivity index (χ4v) is 4.26. The number of thioether (sulfide) groups is 1. The van der Waals surface area contributed by atoms with Gasteiger partial charge in [0.2, 0.25) is 0 Å². The second kappa shape index (κ2) is 7.48. The molecule has 1 N–H and O–H groups in total. The van der Waals surface area contributed by atoms with Crippen molar-refractivity contribution < 1.29 is 0 Å². The van der Waals surface area contributed by atoms with Crippen molar-refractivity contribution in [3.8, 4) is 6.07 Å². The van der Waals surface area contributed by atoms with Crippen LogP contribution in [0.4, 0.5) is 5.82 Å². The number of nitrogens with one attached hydrogen (secondary N) is 1. The summed E-state index contributed by atoms with van der Waals surface area (Å²) in [4.78, 5) is 14.4. The van der Waals surface area contributed by atoms with Crippen LogP contribution in [0.1, 0.15) is 38.4 Å². The van der Waals surface area contributed by atoms with Gasteiger partial charge in [-0.3, -0.25) is 4.90 Å². The highest BCUT2D eigenvalue weighted by atomic mass is 32.2. The molecule has 25 heavy (non-hydrogen) atoms. The van der Waals surface area contributed by atoms with Crippen molar-refractivity contribution in [2.75, 3.05) is 37.3 Å². The van der Waals surface area contributed by atoms with Crippen LogP contribution in [0, 0.1) is 11.3 Å². The van der Waals surface area contributed by atoms with E-state index in [0.717, 1.165) is 55.8 Å². The van der Waals surface area contributed by atoms with Crippen molar-refractivity contribution in [1.29, 1.82) is 5.26 Å². The van der Waals surface area contributed by atoms with Gasteiger partial charge < -0.3 is 10.2 Å². The Hall–Kier alpha value is -1.36. The van der Waals surface area contributed by atoms with E-state index in [9.17, 15) is 5.26 Å². The Morgan fingerprint density at radius 3 is 2.80 bits per heavy atom. The van der Waals surface area contributed by atoms with E-state index in [1.165, 1.54) is 5.56 Å². The average Bonchev–Trinajstić information content (AvgIpc) is 2.60. The first-order valence-electron chi connectivity index (χ1n) is 8.97. The lowest BCUT2D eigenvalue weighted by Crippen LogP contribution is -2.59. The summed E-state index contributed by atoms with van der Waals surface area (Å²) in [6.45, 7) is 11.3. The van der Waals surface area contributed by atoms with E-state index in [1.54, 1.807) is 11.8 Å². The molecule has 1 unspecified atom stereocenters. The third kappa shape index (κ3) is 3.91. The molecule has 1 atom stereocenters. The van der Waals surface area contributed by atoms with Gasteiger partial charge in [0.15, 0.2) is 5.16 Å². The zero-order valence-electron chi connectivity index (χ0n) is 15.7. The predicted octanol–water partition coefficient (Wildman–Crippen LogP) is 2.05. The Morgan fingerprint density at radius 2 is 2.12 bits per heavy atom. The fourth-order valence-electron chi connectivity index (χ4n) is 3.88. The lowest BCUT2D eigenvalue weighted by Gasteiger charge is -2.48. The predicted molar refractivity (Wildman–Crippen MR) is 102 cm³/mol. The summed E-state index contributed by atoms with van der Waals surface area (Å²) in [6, 6.07) is 2.62. The number of aromatic nitrogens is 2. The topological polar surface area (TPSA) is 68.1 Å². The highest BCUT2D eigenvalue weighted by Gasteiger charge is 2.35. The maximum absolute atomic E-state index is 9.30. The molecule has 1 aromatic rings. The summed E-state index contributed by atoms with van der Waals surface area (Å²) >= 11 is 1.60. The minimum atomic E-state index is 0.0764. The molecule has 3 rings (SSSR count). The summed E-state index contributed by atoms with van der Waals surface area (Å²) < 4.78 is 0. The number of hydrogen-bond donors (Lipinski definition) is 1. The van der Waals surface area contributed by atoms with Gasteiger partial charge in [-0.2, -0.15) is 5.26 Å². The quantitative estimate of drug-likeness (QED) is 0.653. The van der Waals surface area contributed by atoms with Crippen LogP contribution in [-0.2, 0) is 13.0 Å². The molecule has 2 aliphatic heterocycles. The molecule has 3 heterocycles. The van der Waals surface area contributed by atoms with Crippen LogP contribution >= 0.6 is 11.8 Å². The highest BCUT2D eigenvalue weighted by Crippen LogP contribution is 2.30. The van der Waals surface area contributed by atoms with E-state index >= 15 is 0 Å². The van der Waals surface area contributed by atoms with E-state index in [-0.39, 0.29) is 11.6 Å². The molecule has 0 aliphatic carbocycles. The van der Waals surface area contributed by atoms with Crippen molar-refractivity contribution >= 4 is 17.6 Å². The third-order valence-corrected chi connectivity index (χ3v) is 5.60. The highest BCUT2D eigenvalue weighted by molar-refractivity contribution is 7.98. The van der Waals surface area contributed by atoms with Crippen LogP contribution in [0.15, 0.2) is 5.16 Å². The molecule has 7 heteroatoms. The van der Waals surface area contributed by atoms with Gasteiger partial charge >= 0.3 is 0 Å². The lowest BCUT2D eigenvalue weighted by molar-refractivity contribution is 0.0725. The van der Waals surface area contributed by atoms with Gasteiger partial charge in [-0.25, -0.2) is 9.97 Å². The standard InChI is InChI=1S/C18H28N6S/c1-18(2,3)24-10-9-23(12-13(24)5-7-19)16-14-6-8-20-11-15(14)21-17(22-16)25-4/h13,20H,5-6,8-12H2,1-4H3. The van der Waals surface area contributed by atoms with Crippen LogP contribution in [0.5, 0.6) is 0 Å². The number of piperazine rings is 1. The Morgan fingerprint density at radius 1 is 1.32 bits per heavy atom. The van der Waals surface area contributed by atoms with Gasteiger partial charge in [-0.1, -0.05) is 11.8 Å². The number of rotatable bonds is 3. The first kappa shape index (κ1) is 18.4. The maximum Gasteiger partial charge on any atom is 0.189 e. The van der Waals surface area contributed by atoms with Gasteiger partial charge in [0.25, 0.3) is 0 Å². The van der Waals surface area contributed by atoms with Crippen molar-refractivity contribution in [2.24, 2.45) is 0 Å². The van der Waals surface area contributed by atoms with Gasteiger partial charge in [0.1, 0.15) is 5.82 Å². The monoisotopic (exact) mass is 360 g/mol. The van der Waals surface area contributed by atoms with E-state index in [0.29, 0.717) is 6.42 Å². The number of nitrogens with zero attached hydrogens (tertiary/aromatic N) is 5. The fraction of sp³-hybridized carbons (Fsp3) is 0.722. The number of fused-ring (bicyclic) bond motifs is 1. The molecular weight excluding hydrogens is 332 g/mol. The third-order valence-electron chi connectivity index (χ3n) is 5.05. The minimum Gasteiger partial charge on any atom is -0.353 e. The normalized spacial score (nSPS) is 21.7. The van der Waals surface area contributed by atoms with Crippen molar-refractivity contribution in [2.45, 2.75) is 56.9 Å². The van der Waals surface area contributed by atoms with E-state index < -0.39 is 0 Å². The Balaban J connectivity index is 1.91. The number of nitriles is 1. The summed E-state index contributed by atoms with van der Waals surface area (Å²) in [5.74, 6) is 1.09. The van der Waals surface area contributed by atoms with Gasteiger partial charge in [-0.05, 0) is 40.0 Å².